The van der Waals surface area contributed by atoms with Crippen LogP contribution in [0, 0.1) is 0 Å². The van der Waals surface area contributed by atoms with Crippen LogP contribution in [0.5, 0.6) is 5.75 Å². The number of halogens is 2. The van der Waals surface area contributed by atoms with Gasteiger partial charge < -0.3 is 19.3 Å². The predicted octanol–water partition coefficient (Wildman–Crippen LogP) is 3.70. The quantitative estimate of drug-likeness (QED) is 0.628. The number of carbonyl (C=O) groups is 2. The number of carbonyl (C=O) groups excluding carboxylic acids is 2. The highest BCUT2D eigenvalue weighted by Crippen LogP contribution is 2.44. The number of rotatable bonds is 5. The molecule has 0 bridgehead atoms. The number of allylic oxidation sites excluding steroid dienone is 3. The summed E-state index contributed by atoms with van der Waals surface area (Å²) < 4.78 is 38.3. The third kappa shape index (κ3) is 4.42. The monoisotopic (exact) mass is 459 g/mol. The second-order valence-electron chi connectivity index (χ2n) is 8.58. The van der Waals surface area contributed by atoms with Gasteiger partial charge in [-0.1, -0.05) is 6.58 Å². The molecule has 0 unspecified atom stereocenters. The highest BCUT2D eigenvalue weighted by Gasteiger charge is 2.58. The molecule has 3 aliphatic rings. The van der Waals surface area contributed by atoms with Gasteiger partial charge in [-0.3, -0.25) is 14.6 Å². The number of piperidine rings is 1. The SMILES string of the molecule is C=C(/C=C(F)\C=C(/C)F)[C@@H]1CC[C@H]2OC3(CCN(C(=O)c4cc(OC)ccn4)CC3)C(=O)N21. The zero-order chi connectivity index (χ0) is 23.8. The van der Waals surface area contributed by atoms with Gasteiger partial charge in [0.1, 0.15) is 23.5 Å². The summed E-state index contributed by atoms with van der Waals surface area (Å²) in [6, 6.07) is 2.85. The lowest BCUT2D eigenvalue weighted by molar-refractivity contribution is -0.142. The van der Waals surface area contributed by atoms with E-state index in [1.807, 2.05) is 0 Å². The molecule has 3 fully saturated rings. The molecule has 0 saturated carbocycles. The maximum Gasteiger partial charge on any atom is 0.272 e. The van der Waals surface area contributed by atoms with Crippen LogP contribution in [-0.2, 0) is 9.53 Å². The zero-order valence-corrected chi connectivity index (χ0v) is 18.7. The maximum absolute atomic E-state index is 14.0. The molecule has 2 amide bonds. The first-order valence-electron chi connectivity index (χ1n) is 10.9. The first-order chi connectivity index (χ1) is 15.7. The number of pyridine rings is 1. The average molecular weight is 459 g/mol. The van der Waals surface area contributed by atoms with E-state index < -0.39 is 29.5 Å². The number of ether oxygens (including phenoxy) is 2. The number of likely N-dealkylation sites (tertiary alicyclic amines) is 1. The van der Waals surface area contributed by atoms with E-state index in [9.17, 15) is 18.4 Å². The van der Waals surface area contributed by atoms with Crippen molar-refractivity contribution in [2.75, 3.05) is 20.2 Å². The summed E-state index contributed by atoms with van der Waals surface area (Å²) in [5.41, 5.74) is -0.314. The van der Waals surface area contributed by atoms with Crippen LogP contribution in [-0.4, -0.2) is 64.7 Å². The first kappa shape index (κ1) is 23.1. The molecule has 33 heavy (non-hydrogen) atoms. The summed E-state index contributed by atoms with van der Waals surface area (Å²) >= 11 is 0. The predicted molar refractivity (Wildman–Crippen MR) is 117 cm³/mol. The summed E-state index contributed by atoms with van der Waals surface area (Å²) in [5, 5.41) is 0. The zero-order valence-electron chi connectivity index (χ0n) is 18.7. The highest BCUT2D eigenvalue weighted by molar-refractivity contribution is 5.93. The Morgan fingerprint density at radius 3 is 2.70 bits per heavy atom. The van der Waals surface area contributed by atoms with Crippen molar-refractivity contribution in [2.24, 2.45) is 0 Å². The first-order valence-corrected chi connectivity index (χ1v) is 10.9. The fourth-order valence-electron chi connectivity index (χ4n) is 4.80. The van der Waals surface area contributed by atoms with Gasteiger partial charge in [0, 0.05) is 44.3 Å². The Bertz CT molecular complexity index is 1030. The smallest absolute Gasteiger partial charge is 0.272 e. The van der Waals surface area contributed by atoms with Crippen molar-refractivity contribution in [2.45, 2.75) is 50.5 Å². The van der Waals surface area contributed by atoms with Gasteiger partial charge in [-0.15, -0.1) is 0 Å². The molecule has 4 rings (SSSR count). The standard InChI is InChI=1S/C24H27F2N3O4/c1-15(12-17(26)13-16(2)25)20-4-5-21-29(20)23(31)24(33-21)7-10-28(11-8-24)22(30)19-14-18(32-3)6-9-27-19/h6,9,12-14,20-21H,1,4-5,7-8,10-11H2,2-3H3/b16-13+,17-12+/t20-,21+/m0/s1. The molecule has 1 spiro atoms. The molecule has 4 heterocycles. The van der Waals surface area contributed by atoms with Crippen molar-refractivity contribution in [1.82, 2.24) is 14.8 Å². The van der Waals surface area contributed by atoms with Gasteiger partial charge in [0.25, 0.3) is 11.8 Å². The van der Waals surface area contributed by atoms with Crippen molar-refractivity contribution in [3.8, 4) is 5.75 Å². The van der Waals surface area contributed by atoms with Crippen LogP contribution in [0.4, 0.5) is 8.78 Å². The van der Waals surface area contributed by atoms with Crippen LogP contribution in [0.15, 0.2) is 54.3 Å². The summed E-state index contributed by atoms with van der Waals surface area (Å²) in [4.78, 5) is 33.7. The Kier molecular flexibility index (Phi) is 6.34. The fraction of sp³-hybridized carbons (Fsp3) is 0.458. The minimum atomic E-state index is -1.00. The van der Waals surface area contributed by atoms with Crippen molar-refractivity contribution in [3.63, 3.8) is 0 Å². The molecule has 0 radical (unpaired) electrons. The number of aromatic nitrogens is 1. The van der Waals surface area contributed by atoms with Crippen molar-refractivity contribution in [3.05, 3.63) is 60.0 Å². The van der Waals surface area contributed by atoms with Gasteiger partial charge in [-0.05, 0) is 37.5 Å². The molecule has 0 N–H and O–H groups in total. The van der Waals surface area contributed by atoms with Gasteiger partial charge in [0.05, 0.1) is 19.0 Å². The topological polar surface area (TPSA) is 72.0 Å². The molecule has 9 heteroatoms. The number of hydrogen-bond acceptors (Lipinski definition) is 5. The molecule has 7 nitrogen and oxygen atoms in total. The Hall–Kier alpha value is -3.07. The second kappa shape index (κ2) is 9.05. The van der Waals surface area contributed by atoms with Crippen molar-refractivity contribution in [1.29, 1.82) is 0 Å². The van der Waals surface area contributed by atoms with Crippen LogP contribution in [0.1, 0.15) is 43.1 Å². The van der Waals surface area contributed by atoms with Gasteiger partial charge in [0.15, 0.2) is 5.60 Å². The van der Waals surface area contributed by atoms with E-state index in [1.165, 1.54) is 13.3 Å². The molecule has 2 atom stereocenters. The van der Waals surface area contributed by atoms with Crippen molar-refractivity contribution < 1.29 is 27.8 Å². The molecule has 3 aliphatic heterocycles. The minimum Gasteiger partial charge on any atom is -0.497 e. The third-order valence-corrected chi connectivity index (χ3v) is 6.45. The maximum atomic E-state index is 14.0. The van der Waals surface area contributed by atoms with Gasteiger partial charge >= 0.3 is 0 Å². The Morgan fingerprint density at radius 1 is 1.30 bits per heavy atom. The van der Waals surface area contributed by atoms with E-state index in [1.54, 1.807) is 21.9 Å². The van der Waals surface area contributed by atoms with E-state index in [4.69, 9.17) is 9.47 Å². The summed E-state index contributed by atoms with van der Waals surface area (Å²) in [6.07, 6.45) is 4.99. The minimum absolute atomic E-state index is 0.159. The Balaban J connectivity index is 1.43. The molecule has 1 aromatic heterocycles. The van der Waals surface area contributed by atoms with Gasteiger partial charge in [0.2, 0.25) is 0 Å². The molecular weight excluding hydrogens is 432 g/mol. The van der Waals surface area contributed by atoms with E-state index in [0.717, 1.165) is 19.1 Å². The lowest BCUT2D eigenvalue weighted by Gasteiger charge is -2.37. The van der Waals surface area contributed by atoms with Gasteiger partial charge in [-0.25, -0.2) is 8.78 Å². The summed E-state index contributed by atoms with van der Waals surface area (Å²) in [7, 11) is 1.52. The van der Waals surface area contributed by atoms with Crippen molar-refractivity contribution >= 4 is 11.8 Å². The number of fused-ring (bicyclic) bond motifs is 1. The lowest BCUT2D eigenvalue weighted by Crippen LogP contribution is -2.52. The molecular formula is C24H27F2N3O4. The van der Waals surface area contributed by atoms with Crippen LogP contribution < -0.4 is 4.74 Å². The lowest BCUT2D eigenvalue weighted by atomic mass is 9.89. The van der Waals surface area contributed by atoms with Crippen LogP contribution in [0.3, 0.4) is 0 Å². The van der Waals surface area contributed by atoms with E-state index in [-0.39, 0.29) is 17.5 Å². The third-order valence-electron chi connectivity index (χ3n) is 6.45. The van der Waals surface area contributed by atoms with Crippen LogP contribution in [0.25, 0.3) is 0 Å². The molecule has 1 aromatic rings. The number of hydrogen-bond donors (Lipinski definition) is 0. The average Bonchev–Trinajstić information content (AvgIpc) is 3.31. The molecule has 0 aromatic carbocycles. The van der Waals surface area contributed by atoms with Crippen LogP contribution in [0.2, 0.25) is 0 Å². The highest BCUT2D eigenvalue weighted by atomic mass is 19.1. The molecule has 176 valence electrons. The number of nitrogens with zero attached hydrogens (tertiary/aromatic N) is 3. The second-order valence-corrected chi connectivity index (χ2v) is 8.58. The molecule has 3 saturated heterocycles. The van der Waals surface area contributed by atoms with E-state index in [0.29, 0.717) is 50.1 Å². The largest absolute Gasteiger partial charge is 0.497 e. The van der Waals surface area contributed by atoms with E-state index in [2.05, 4.69) is 11.6 Å². The van der Waals surface area contributed by atoms with E-state index >= 15 is 0 Å². The molecule has 0 aliphatic carbocycles. The Morgan fingerprint density at radius 2 is 2.03 bits per heavy atom. The van der Waals surface area contributed by atoms with Gasteiger partial charge in [-0.2, -0.15) is 0 Å². The fourth-order valence-corrected chi connectivity index (χ4v) is 4.80. The number of methoxy groups -OCH3 is 1. The van der Waals surface area contributed by atoms with Crippen LogP contribution >= 0.6 is 0 Å². The summed E-state index contributed by atoms with van der Waals surface area (Å²) in [6.45, 7) is 5.77. The Labute approximate surface area is 191 Å². The summed E-state index contributed by atoms with van der Waals surface area (Å²) in [5.74, 6) is -1.23. The number of amides is 2. The normalized spacial score (nSPS) is 24.9.